The molecule has 0 saturated heterocycles. The van der Waals surface area contributed by atoms with E-state index >= 15 is 0 Å². The highest BCUT2D eigenvalue weighted by atomic mass is 16.3. The zero-order valence-electron chi connectivity index (χ0n) is 9.31. The Labute approximate surface area is 94.7 Å². The van der Waals surface area contributed by atoms with E-state index in [4.69, 9.17) is 4.42 Å². The van der Waals surface area contributed by atoms with Gasteiger partial charge in [0.25, 0.3) is 0 Å². The van der Waals surface area contributed by atoms with E-state index in [-0.39, 0.29) is 0 Å². The van der Waals surface area contributed by atoms with Crippen LogP contribution in [0.15, 0.2) is 34.9 Å². The van der Waals surface area contributed by atoms with Crippen LogP contribution in [-0.4, -0.2) is 10.2 Å². The second kappa shape index (κ2) is 5.42. The van der Waals surface area contributed by atoms with Gasteiger partial charge in [-0.2, -0.15) is 10.2 Å². The van der Waals surface area contributed by atoms with Gasteiger partial charge in [-0.1, -0.05) is 6.92 Å². The maximum absolute atomic E-state index is 5.57. The molecule has 0 saturated carbocycles. The second-order valence-electron chi connectivity index (χ2n) is 3.54. The summed E-state index contributed by atoms with van der Waals surface area (Å²) >= 11 is 0. The molecule has 0 bridgehead atoms. The van der Waals surface area contributed by atoms with Crippen molar-refractivity contribution in [1.82, 2.24) is 15.5 Å². The number of aromatic nitrogens is 2. The van der Waals surface area contributed by atoms with Gasteiger partial charge in [0.15, 0.2) is 0 Å². The van der Waals surface area contributed by atoms with Gasteiger partial charge in [0.2, 0.25) is 0 Å². The van der Waals surface area contributed by atoms with Crippen molar-refractivity contribution in [2.75, 3.05) is 0 Å². The van der Waals surface area contributed by atoms with E-state index in [1.807, 2.05) is 24.3 Å². The van der Waals surface area contributed by atoms with Crippen molar-refractivity contribution in [2.24, 2.45) is 0 Å². The Bertz CT molecular complexity index is 425. The van der Waals surface area contributed by atoms with E-state index < -0.39 is 0 Å². The Morgan fingerprint density at radius 2 is 2.06 bits per heavy atom. The molecule has 2 aromatic heterocycles. The fourth-order valence-corrected chi connectivity index (χ4v) is 1.45. The van der Waals surface area contributed by atoms with Crippen LogP contribution in [-0.2, 0) is 19.5 Å². The lowest BCUT2D eigenvalue weighted by atomic mass is 10.3. The van der Waals surface area contributed by atoms with E-state index in [0.29, 0.717) is 6.54 Å². The predicted octanol–water partition coefficient (Wildman–Crippen LogP) is 1.92. The van der Waals surface area contributed by atoms with Crippen molar-refractivity contribution >= 4 is 0 Å². The normalized spacial score (nSPS) is 10.6. The van der Waals surface area contributed by atoms with Crippen LogP contribution in [0.3, 0.4) is 0 Å². The molecule has 16 heavy (non-hydrogen) atoms. The minimum absolute atomic E-state index is 0.704. The smallest absolute Gasteiger partial charge is 0.117 e. The molecule has 1 N–H and O–H groups in total. The summed E-state index contributed by atoms with van der Waals surface area (Å²) in [6, 6.07) is 7.84. The lowest BCUT2D eigenvalue weighted by Gasteiger charge is -2.00. The highest BCUT2D eigenvalue weighted by Crippen LogP contribution is 2.07. The Kier molecular flexibility index (Phi) is 3.66. The summed E-state index contributed by atoms with van der Waals surface area (Å²) < 4.78 is 5.57. The highest BCUT2D eigenvalue weighted by molar-refractivity contribution is 5.07. The van der Waals surface area contributed by atoms with Gasteiger partial charge in [0.05, 0.1) is 12.2 Å². The summed E-state index contributed by atoms with van der Waals surface area (Å²) in [6.45, 7) is 3.50. The minimum Gasteiger partial charge on any atom is -0.465 e. The SMILES string of the molecule is CCc1ccc(CNCc2cccnn2)o1. The zero-order chi connectivity index (χ0) is 11.2. The largest absolute Gasteiger partial charge is 0.465 e. The van der Waals surface area contributed by atoms with Crippen LogP contribution in [0.25, 0.3) is 0 Å². The Morgan fingerprint density at radius 1 is 1.19 bits per heavy atom. The van der Waals surface area contributed by atoms with Gasteiger partial charge in [-0.25, -0.2) is 0 Å². The van der Waals surface area contributed by atoms with Crippen molar-refractivity contribution in [3.05, 3.63) is 47.7 Å². The van der Waals surface area contributed by atoms with Gasteiger partial charge < -0.3 is 9.73 Å². The molecule has 0 spiro atoms. The van der Waals surface area contributed by atoms with Crippen molar-refractivity contribution in [3.8, 4) is 0 Å². The summed E-state index contributed by atoms with van der Waals surface area (Å²) in [7, 11) is 0. The first-order valence-electron chi connectivity index (χ1n) is 5.43. The summed E-state index contributed by atoms with van der Waals surface area (Å²) in [5.41, 5.74) is 0.935. The Morgan fingerprint density at radius 3 is 2.75 bits per heavy atom. The first kappa shape index (κ1) is 10.8. The molecule has 0 unspecified atom stereocenters. The maximum atomic E-state index is 5.57. The molecule has 0 radical (unpaired) electrons. The number of hydrogen-bond acceptors (Lipinski definition) is 4. The molecule has 0 atom stereocenters. The third-order valence-corrected chi connectivity index (χ3v) is 2.30. The Hall–Kier alpha value is -1.68. The average molecular weight is 217 g/mol. The van der Waals surface area contributed by atoms with Gasteiger partial charge in [0.1, 0.15) is 11.5 Å². The van der Waals surface area contributed by atoms with Gasteiger partial charge in [0, 0.05) is 19.2 Å². The first-order chi connectivity index (χ1) is 7.88. The van der Waals surface area contributed by atoms with E-state index in [9.17, 15) is 0 Å². The molecule has 0 aliphatic heterocycles. The van der Waals surface area contributed by atoms with Gasteiger partial charge in [-0.3, -0.25) is 0 Å². The van der Waals surface area contributed by atoms with Crippen molar-refractivity contribution in [2.45, 2.75) is 26.4 Å². The minimum atomic E-state index is 0.704. The zero-order valence-corrected chi connectivity index (χ0v) is 9.31. The van der Waals surface area contributed by atoms with Crippen LogP contribution in [0.5, 0.6) is 0 Å². The van der Waals surface area contributed by atoms with Gasteiger partial charge in [-0.15, -0.1) is 0 Å². The first-order valence-corrected chi connectivity index (χ1v) is 5.43. The van der Waals surface area contributed by atoms with E-state index in [1.165, 1.54) is 0 Å². The summed E-state index contributed by atoms with van der Waals surface area (Å²) in [4.78, 5) is 0. The van der Waals surface area contributed by atoms with Crippen LogP contribution < -0.4 is 5.32 Å². The molecule has 0 amide bonds. The molecule has 2 aromatic rings. The van der Waals surface area contributed by atoms with Crippen molar-refractivity contribution in [3.63, 3.8) is 0 Å². The molecule has 2 rings (SSSR count). The van der Waals surface area contributed by atoms with Crippen LogP contribution >= 0.6 is 0 Å². The third kappa shape index (κ3) is 2.90. The van der Waals surface area contributed by atoms with Gasteiger partial charge in [-0.05, 0) is 24.3 Å². The van der Waals surface area contributed by atoms with Crippen LogP contribution in [0, 0.1) is 0 Å². The van der Waals surface area contributed by atoms with Crippen LogP contribution in [0.2, 0.25) is 0 Å². The van der Waals surface area contributed by atoms with E-state index in [0.717, 1.165) is 30.2 Å². The molecule has 0 aliphatic rings. The Balaban J connectivity index is 1.80. The molecule has 0 aliphatic carbocycles. The quantitative estimate of drug-likeness (QED) is 0.831. The lowest BCUT2D eigenvalue weighted by Crippen LogP contribution is -2.13. The molecule has 4 heteroatoms. The molecule has 0 fully saturated rings. The highest BCUT2D eigenvalue weighted by Gasteiger charge is 2.00. The number of nitrogens with one attached hydrogen (secondary N) is 1. The van der Waals surface area contributed by atoms with E-state index in [1.54, 1.807) is 6.20 Å². The lowest BCUT2D eigenvalue weighted by molar-refractivity contribution is 0.449. The molecule has 84 valence electrons. The average Bonchev–Trinajstić information content (AvgIpc) is 2.78. The maximum Gasteiger partial charge on any atom is 0.117 e. The van der Waals surface area contributed by atoms with Crippen LogP contribution in [0.1, 0.15) is 24.1 Å². The van der Waals surface area contributed by atoms with Crippen molar-refractivity contribution < 1.29 is 4.42 Å². The third-order valence-electron chi connectivity index (χ3n) is 2.30. The fourth-order valence-electron chi connectivity index (χ4n) is 1.45. The molecule has 4 nitrogen and oxygen atoms in total. The molecule has 0 aromatic carbocycles. The number of aryl methyl sites for hydroxylation is 1. The molecular formula is C12H15N3O. The molecule has 2 heterocycles. The number of hydrogen-bond donors (Lipinski definition) is 1. The summed E-state index contributed by atoms with van der Waals surface area (Å²) in [6.07, 6.45) is 2.60. The second-order valence-corrected chi connectivity index (χ2v) is 3.54. The van der Waals surface area contributed by atoms with Crippen LogP contribution in [0.4, 0.5) is 0 Å². The fraction of sp³-hybridized carbons (Fsp3) is 0.333. The standard InChI is InChI=1S/C12H15N3O/c1-2-11-5-6-12(16-11)9-13-8-10-4-3-7-14-15-10/h3-7,13H,2,8-9H2,1H3. The topological polar surface area (TPSA) is 51.0 Å². The van der Waals surface area contributed by atoms with Gasteiger partial charge >= 0.3 is 0 Å². The number of rotatable bonds is 5. The number of nitrogens with zero attached hydrogens (tertiary/aromatic N) is 2. The summed E-state index contributed by atoms with van der Waals surface area (Å²) in [5.74, 6) is 1.98. The molecular weight excluding hydrogens is 202 g/mol. The monoisotopic (exact) mass is 217 g/mol. The number of furan rings is 1. The predicted molar refractivity (Wildman–Crippen MR) is 60.7 cm³/mol. The van der Waals surface area contributed by atoms with Crippen molar-refractivity contribution in [1.29, 1.82) is 0 Å². The summed E-state index contributed by atoms with van der Waals surface area (Å²) in [5, 5.41) is 11.1. The van der Waals surface area contributed by atoms with E-state index in [2.05, 4.69) is 22.4 Å².